The maximum atomic E-state index is 16.9. The normalized spacial score (nSPS) is 30.2. The van der Waals surface area contributed by atoms with Gasteiger partial charge in [0.1, 0.15) is 54.4 Å². The lowest BCUT2D eigenvalue weighted by Crippen LogP contribution is -2.34. The molecular weight excluding hydrogens is 829 g/mol. The van der Waals surface area contributed by atoms with Crippen LogP contribution in [0, 0.1) is 11.8 Å². The third-order valence-corrected chi connectivity index (χ3v) is 12.2. The maximum Gasteiger partial charge on any atom is 0.510 e. The van der Waals surface area contributed by atoms with Crippen LogP contribution in [0.3, 0.4) is 0 Å². The molecule has 2 aliphatic heterocycles. The highest BCUT2D eigenvalue weighted by Gasteiger charge is 2.53. The molecule has 3 fully saturated rings. The van der Waals surface area contributed by atoms with Crippen LogP contribution in [0.4, 0.5) is 20.8 Å². The quantitative estimate of drug-likeness (QED) is 0.121. The number of hydrogen-bond donors (Lipinski definition) is 2. The Balaban J connectivity index is 1.21. The number of fused-ring (bicyclic) bond motifs is 4. The molecule has 7 rings (SSSR count). The van der Waals surface area contributed by atoms with E-state index in [4.69, 9.17) is 57.6 Å². The van der Waals surface area contributed by atoms with E-state index in [1.54, 1.807) is 13.8 Å². The lowest BCUT2D eigenvalue weighted by molar-refractivity contribution is -0.152. The van der Waals surface area contributed by atoms with Gasteiger partial charge in [-0.2, -0.15) is 0 Å². The number of halogens is 1. The van der Waals surface area contributed by atoms with E-state index in [-0.39, 0.29) is 59.1 Å². The molecule has 24 nitrogen and oxygen atoms in total. The molecule has 4 aromatic heterocycles. The first-order valence-electron chi connectivity index (χ1n) is 18.4. The summed E-state index contributed by atoms with van der Waals surface area (Å²) in [5.74, 6) is -1.60. The molecular formula is C32H43FN10O14P2. The molecule has 3 aliphatic rings. The van der Waals surface area contributed by atoms with Gasteiger partial charge in [-0.1, -0.05) is 13.8 Å². The van der Waals surface area contributed by atoms with Crippen LogP contribution in [-0.4, -0.2) is 109 Å². The number of phosphoric acid groups is 2. The summed E-state index contributed by atoms with van der Waals surface area (Å²) in [6.07, 6.45) is -3.82. The van der Waals surface area contributed by atoms with Gasteiger partial charge in [-0.15, -0.1) is 0 Å². The molecule has 6 heterocycles. The van der Waals surface area contributed by atoms with Crippen LogP contribution in [0.5, 0.6) is 0 Å². The smallest absolute Gasteiger partial charge is 0.438 e. The third-order valence-electron chi connectivity index (χ3n) is 9.40. The van der Waals surface area contributed by atoms with Crippen molar-refractivity contribution in [1.29, 1.82) is 0 Å². The van der Waals surface area contributed by atoms with Crippen molar-refractivity contribution in [3.05, 3.63) is 25.3 Å². The second-order valence-electron chi connectivity index (χ2n) is 14.4. The second-order valence-corrected chi connectivity index (χ2v) is 17.7. The molecule has 0 aromatic carbocycles. The van der Waals surface area contributed by atoms with E-state index in [9.17, 15) is 18.7 Å². The molecule has 0 radical (unpaired) electrons. The molecule has 59 heavy (non-hydrogen) atoms. The van der Waals surface area contributed by atoms with Crippen molar-refractivity contribution in [2.24, 2.45) is 11.8 Å². The molecule has 0 bridgehead atoms. The first-order valence-corrected chi connectivity index (χ1v) is 21.3. The van der Waals surface area contributed by atoms with Gasteiger partial charge in [0.05, 0.1) is 38.0 Å². The zero-order chi connectivity index (χ0) is 42.1. The second kappa shape index (κ2) is 17.6. The number of alkyl halides is 1. The highest BCUT2D eigenvalue weighted by atomic mass is 31.2. The van der Waals surface area contributed by atoms with E-state index in [0.29, 0.717) is 0 Å². The third kappa shape index (κ3) is 9.63. The number of carbonyl (C=O) groups is 2. The van der Waals surface area contributed by atoms with E-state index >= 15 is 4.39 Å². The Kier molecular flexibility index (Phi) is 12.8. The number of nitrogens with zero attached hydrogens (tertiary/aromatic N) is 8. The van der Waals surface area contributed by atoms with Crippen molar-refractivity contribution >= 4 is 61.7 Å². The van der Waals surface area contributed by atoms with Crippen LogP contribution in [0.1, 0.15) is 59.2 Å². The largest absolute Gasteiger partial charge is 0.510 e. The van der Waals surface area contributed by atoms with E-state index < -0.39 is 103 Å². The predicted octanol–water partition coefficient (Wildman–Crippen LogP) is 4.15. The van der Waals surface area contributed by atoms with Crippen molar-refractivity contribution in [2.75, 3.05) is 38.3 Å². The van der Waals surface area contributed by atoms with Crippen molar-refractivity contribution in [2.45, 2.75) is 89.8 Å². The van der Waals surface area contributed by atoms with Crippen LogP contribution in [0.2, 0.25) is 0 Å². The van der Waals surface area contributed by atoms with Gasteiger partial charge in [0.25, 0.3) is 0 Å². The zero-order valence-corrected chi connectivity index (χ0v) is 34.0. The lowest BCUT2D eigenvalue weighted by Gasteiger charge is -2.30. The van der Waals surface area contributed by atoms with E-state index in [1.807, 2.05) is 13.8 Å². The van der Waals surface area contributed by atoms with Crippen LogP contribution < -0.4 is 11.5 Å². The molecule has 0 spiro atoms. The summed E-state index contributed by atoms with van der Waals surface area (Å²) in [5.41, 5.74) is 12.9. The van der Waals surface area contributed by atoms with Crippen LogP contribution in [-0.2, 0) is 60.0 Å². The SMILES string of the molecule is CC(C)CC(=O)OCOP1(=O)OC[C@H]2C[C@@H](n3cnc4c(N)ncnc43)C(F)[C@H]2OP(=O)(OCOC(=O)OC(C)C)OC[C@H]2O[C@@H](n3cnc4c(N)ncnc43)C[C@H]2O1. The summed E-state index contributed by atoms with van der Waals surface area (Å²) in [4.78, 5) is 49.4. The number of imidazole rings is 2. The fourth-order valence-electron chi connectivity index (χ4n) is 6.73. The van der Waals surface area contributed by atoms with Gasteiger partial charge in [0.15, 0.2) is 22.9 Å². The van der Waals surface area contributed by atoms with Crippen molar-refractivity contribution < 1.29 is 69.2 Å². The van der Waals surface area contributed by atoms with Crippen molar-refractivity contribution in [3.8, 4) is 0 Å². The van der Waals surface area contributed by atoms with Crippen molar-refractivity contribution in [1.82, 2.24) is 39.0 Å². The Bertz CT molecular complexity index is 2250. The average molecular weight is 873 g/mol. The number of phosphoric ester groups is 2. The van der Waals surface area contributed by atoms with Gasteiger partial charge in [0, 0.05) is 18.8 Å². The molecule has 4 N–H and O–H groups in total. The summed E-state index contributed by atoms with van der Waals surface area (Å²) in [6, 6.07) is -1.10. The molecule has 322 valence electrons. The van der Waals surface area contributed by atoms with E-state index in [0.717, 1.165) is 0 Å². The molecule has 4 aromatic rings. The summed E-state index contributed by atoms with van der Waals surface area (Å²) in [5, 5.41) is 0. The average Bonchev–Trinajstić information content (AvgIpc) is 3.95. The molecule has 9 atom stereocenters. The highest BCUT2D eigenvalue weighted by Crippen LogP contribution is 2.59. The van der Waals surface area contributed by atoms with Gasteiger partial charge in [0.2, 0.25) is 13.6 Å². The number of aromatic nitrogens is 8. The minimum atomic E-state index is -4.92. The Morgan fingerprint density at radius 3 is 2.10 bits per heavy atom. The monoisotopic (exact) mass is 872 g/mol. The van der Waals surface area contributed by atoms with Gasteiger partial charge in [-0.25, -0.2) is 57.3 Å². The highest BCUT2D eigenvalue weighted by molar-refractivity contribution is 7.48. The fraction of sp³-hybridized carbons (Fsp3) is 0.625. The molecule has 0 amide bonds. The zero-order valence-electron chi connectivity index (χ0n) is 32.2. The summed E-state index contributed by atoms with van der Waals surface area (Å²) < 4.78 is 105. The summed E-state index contributed by atoms with van der Waals surface area (Å²) in [7, 11) is -9.66. The van der Waals surface area contributed by atoms with E-state index in [1.165, 1.54) is 34.4 Å². The first kappa shape index (κ1) is 42.7. The number of ether oxygens (including phenoxy) is 4. The number of nitrogens with two attached hydrogens (primary N) is 2. The first-order chi connectivity index (χ1) is 28.1. The molecule has 3 unspecified atom stereocenters. The number of rotatable bonds is 11. The molecule has 27 heteroatoms. The number of hydrogen-bond acceptors (Lipinski definition) is 22. The number of nitrogen functional groups attached to an aromatic ring is 2. The predicted molar refractivity (Wildman–Crippen MR) is 197 cm³/mol. The van der Waals surface area contributed by atoms with Gasteiger partial charge < -0.3 is 35.0 Å². The Morgan fingerprint density at radius 1 is 0.831 bits per heavy atom. The van der Waals surface area contributed by atoms with Crippen LogP contribution >= 0.6 is 15.6 Å². The van der Waals surface area contributed by atoms with Crippen LogP contribution in [0.15, 0.2) is 25.3 Å². The number of esters is 1. The molecule has 2 saturated heterocycles. The standard InChI is InChI=1S/C32H43FN10O14P2/c1-16(2)5-23(44)48-14-52-58(46)50-8-18-6-19(42-12-40-25-28(34)36-10-38-30(25)42)24(33)27(18)57-59(47,53-15-49-32(45)54-17(3)4)51-9-21-20(56-58)7-22(55-21)43-13-41-26-29(35)37-11-39-31(26)43/h10-13,16-22,24,27H,5-9,14-15H2,1-4H3,(H2,34,36,38)(H2,35,37,39)/t18-,19-,20-,21-,22-,24?,27+,58?,59?/m1/s1. The fourth-order valence-corrected chi connectivity index (χ4v) is 9.33. The Morgan fingerprint density at radius 2 is 1.44 bits per heavy atom. The molecule has 1 saturated carbocycles. The van der Waals surface area contributed by atoms with E-state index in [2.05, 4.69) is 29.9 Å². The lowest BCUT2D eigenvalue weighted by atomic mass is 10.1. The summed E-state index contributed by atoms with van der Waals surface area (Å²) in [6.45, 7) is 3.71. The Hall–Kier alpha value is -4.45. The van der Waals surface area contributed by atoms with Gasteiger partial charge in [-0.3, -0.25) is 27.5 Å². The minimum absolute atomic E-state index is 0.0441. The summed E-state index contributed by atoms with van der Waals surface area (Å²) >= 11 is 0. The Labute approximate surface area is 334 Å². The molecule has 1 aliphatic carbocycles. The maximum absolute atomic E-state index is 16.9. The topological polar surface area (TPSA) is 300 Å². The van der Waals surface area contributed by atoms with Crippen LogP contribution in [0.25, 0.3) is 22.3 Å². The van der Waals surface area contributed by atoms with Crippen molar-refractivity contribution in [3.63, 3.8) is 0 Å². The number of anilines is 2. The minimum Gasteiger partial charge on any atom is -0.438 e. The number of carbonyl (C=O) groups excluding carboxylic acids is 2. The van der Waals surface area contributed by atoms with Gasteiger partial charge >= 0.3 is 27.8 Å². The van der Waals surface area contributed by atoms with Gasteiger partial charge in [-0.05, 0) is 26.2 Å².